The van der Waals surface area contributed by atoms with E-state index in [2.05, 4.69) is 25.7 Å². The minimum Gasteiger partial charge on any atom is -0.464 e. The van der Waals surface area contributed by atoms with Crippen molar-refractivity contribution in [2.75, 3.05) is 26.2 Å². The molecule has 0 saturated heterocycles. The molecule has 1 saturated carbocycles. The average Bonchev–Trinajstić information content (AvgIpc) is 2.34. The van der Waals surface area contributed by atoms with Crippen LogP contribution in [0.2, 0.25) is 0 Å². The Bertz CT molecular complexity index is 232. The number of rotatable bonds is 6. The molecule has 108 valence electrons. The van der Waals surface area contributed by atoms with Gasteiger partial charge in [-0.05, 0) is 31.8 Å². The Kier molecular flexibility index (Phi) is 9.47. The van der Waals surface area contributed by atoms with E-state index in [0.717, 1.165) is 32.5 Å². The molecule has 0 aromatic rings. The van der Waals surface area contributed by atoms with Crippen LogP contribution < -0.4 is 0 Å². The van der Waals surface area contributed by atoms with Gasteiger partial charge >= 0.3 is 5.97 Å². The zero-order chi connectivity index (χ0) is 12.7. The van der Waals surface area contributed by atoms with Crippen LogP contribution in [0.15, 0.2) is 0 Å². The fraction of sp³-hybridized carbons (Fsp3) is 0.929. The van der Waals surface area contributed by atoms with Crippen LogP contribution in [0.5, 0.6) is 0 Å². The largest absolute Gasteiger partial charge is 0.464 e. The molecule has 0 amide bonds. The molecule has 1 fully saturated rings. The normalized spacial score (nSPS) is 23.6. The predicted octanol–water partition coefficient (Wildman–Crippen LogP) is 3.12. The molecule has 0 aliphatic heterocycles. The molecule has 1 aliphatic rings. The summed E-state index contributed by atoms with van der Waals surface area (Å²) in [6, 6.07) is 0. The minimum atomic E-state index is 0. The van der Waals surface area contributed by atoms with Gasteiger partial charge in [0.1, 0.15) is 6.61 Å². The molecule has 3 nitrogen and oxygen atoms in total. The van der Waals surface area contributed by atoms with Crippen molar-refractivity contribution in [3.8, 4) is 0 Å². The molecular weight excluding hydrogens is 250 g/mol. The summed E-state index contributed by atoms with van der Waals surface area (Å²) in [6.45, 7) is 9.95. The number of hydrogen-bond acceptors (Lipinski definition) is 3. The Morgan fingerprint density at radius 3 is 2.50 bits per heavy atom. The lowest BCUT2D eigenvalue weighted by Gasteiger charge is -2.25. The predicted molar refractivity (Wildman–Crippen MR) is 77.1 cm³/mol. The van der Waals surface area contributed by atoms with Gasteiger partial charge < -0.3 is 9.64 Å². The number of halogens is 1. The number of ether oxygens (including phenoxy) is 1. The van der Waals surface area contributed by atoms with E-state index < -0.39 is 0 Å². The zero-order valence-electron chi connectivity index (χ0n) is 12.0. The molecule has 2 atom stereocenters. The molecule has 0 aromatic heterocycles. The Hall–Kier alpha value is -0.280. The van der Waals surface area contributed by atoms with Crippen LogP contribution in [0.4, 0.5) is 0 Å². The molecular formula is C14H28ClNO2. The maximum atomic E-state index is 11.9. The highest BCUT2D eigenvalue weighted by Crippen LogP contribution is 2.29. The number of hydrogen-bond donors (Lipinski definition) is 0. The third-order valence-electron chi connectivity index (χ3n) is 3.82. The minimum absolute atomic E-state index is 0. The standard InChI is InChI=1S/C14H27NO2.ClH/c1-4-15(5-2)9-10-17-14(16)13-8-6-7-12(3)11-13;/h12-13H,4-11H2,1-3H3;1H/t12-,13+;/m1./s1. The van der Waals surface area contributed by atoms with Crippen molar-refractivity contribution >= 4 is 18.4 Å². The molecule has 0 unspecified atom stereocenters. The van der Waals surface area contributed by atoms with Gasteiger partial charge in [0.25, 0.3) is 0 Å². The first kappa shape index (κ1) is 17.7. The Morgan fingerprint density at radius 2 is 1.94 bits per heavy atom. The van der Waals surface area contributed by atoms with Crippen molar-refractivity contribution in [3.63, 3.8) is 0 Å². The molecule has 0 spiro atoms. The van der Waals surface area contributed by atoms with E-state index in [1.807, 2.05) is 0 Å². The molecule has 0 radical (unpaired) electrons. The molecule has 0 aromatic carbocycles. The van der Waals surface area contributed by atoms with Gasteiger partial charge in [-0.1, -0.05) is 33.6 Å². The SMILES string of the molecule is CCN(CC)CCOC(=O)[C@H]1CCC[C@@H](C)C1.Cl. The monoisotopic (exact) mass is 277 g/mol. The van der Waals surface area contributed by atoms with Gasteiger partial charge in [-0.15, -0.1) is 12.4 Å². The lowest BCUT2D eigenvalue weighted by atomic mass is 9.82. The van der Waals surface area contributed by atoms with Gasteiger partial charge in [-0.3, -0.25) is 4.79 Å². The summed E-state index contributed by atoms with van der Waals surface area (Å²) >= 11 is 0. The van der Waals surface area contributed by atoms with Crippen molar-refractivity contribution in [3.05, 3.63) is 0 Å². The summed E-state index contributed by atoms with van der Waals surface area (Å²) in [4.78, 5) is 14.1. The second kappa shape index (κ2) is 9.62. The van der Waals surface area contributed by atoms with E-state index in [9.17, 15) is 4.79 Å². The van der Waals surface area contributed by atoms with Crippen LogP contribution >= 0.6 is 12.4 Å². The van der Waals surface area contributed by atoms with Crippen molar-refractivity contribution in [2.24, 2.45) is 11.8 Å². The molecule has 0 N–H and O–H groups in total. The van der Waals surface area contributed by atoms with E-state index in [4.69, 9.17) is 4.74 Å². The maximum absolute atomic E-state index is 11.9. The van der Waals surface area contributed by atoms with Gasteiger partial charge in [0.05, 0.1) is 5.92 Å². The molecule has 18 heavy (non-hydrogen) atoms. The highest BCUT2D eigenvalue weighted by molar-refractivity contribution is 5.85. The lowest BCUT2D eigenvalue weighted by molar-refractivity contribution is -0.150. The lowest BCUT2D eigenvalue weighted by Crippen LogP contribution is -2.30. The Morgan fingerprint density at radius 1 is 1.28 bits per heavy atom. The van der Waals surface area contributed by atoms with Crippen LogP contribution in [0.3, 0.4) is 0 Å². The zero-order valence-corrected chi connectivity index (χ0v) is 12.8. The van der Waals surface area contributed by atoms with E-state index in [0.29, 0.717) is 12.5 Å². The van der Waals surface area contributed by atoms with Crippen LogP contribution in [-0.4, -0.2) is 37.1 Å². The Labute approximate surface area is 118 Å². The second-order valence-corrected chi connectivity index (χ2v) is 5.16. The van der Waals surface area contributed by atoms with Crippen LogP contribution in [0, 0.1) is 11.8 Å². The van der Waals surface area contributed by atoms with Crippen molar-refractivity contribution < 1.29 is 9.53 Å². The van der Waals surface area contributed by atoms with E-state index in [-0.39, 0.29) is 24.3 Å². The summed E-state index contributed by atoms with van der Waals surface area (Å²) in [5, 5.41) is 0. The molecule has 1 rings (SSSR count). The fourth-order valence-corrected chi connectivity index (χ4v) is 2.58. The molecule has 0 bridgehead atoms. The number of nitrogens with zero attached hydrogens (tertiary/aromatic N) is 1. The van der Waals surface area contributed by atoms with Crippen molar-refractivity contribution in [2.45, 2.75) is 46.5 Å². The summed E-state index contributed by atoms with van der Waals surface area (Å²) in [7, 11) is 0. The van der Waals surface area contributed by atoms with Crippen molar-refractivity contribution in [1.82, 2.24) is 4.90 Å². The summed E-state index contributed by atoms with van der Waals surface area (Å²) in [5.74, 6) is 0.878. The first-order valence-electron chi connectivity index (χ1n) is 7.06. The number of carbonyl (C=O) groups is 1. The van der Waals surface area contributed by atoms with E-state index in [1.165, 1.54) is 12.8 Å². The molecule has 4 heteroatoms. The summed E-state index contributed by atoms with van der Waals surface area (Å²) < 4.78 is 5.38. The maximum Gasteiger partial charge on any atom is 0.308 e. The van der Waals surface area contributed by atoms with E-state index in [1.54, 1.807) is 0 Å². The van der Waals surface area contributed by atoms with Crippen molar-refractivity contribution in [1.29, 1.82) is 0 Å². The quantitative estimate of drug-likeness (QED) is 0.699. The average molecular weight is 278 g/mol. The van der Waals surface area contributed by atoms with Crippen LogP contribution in [-0.2, 0) is 9.53 Å². The van der Waals surface area contributed by atoms with Gasteiger partial charge in [0, 0.05) is 6.54 Å². The summed E-state index contributed by atoms with van der Waals surface area (Å²) in [5.41, 5.74) is 0. The number of esters is 1. The molecule has 0 heterocycles. The summed E-state index contributed by atoms with van der Waals surface area (Å²) in [6.07, 6.45) is 4.48. The third-order valence-corrected chi connectivity index (χ3v) is 3.82. The van der Waals surface area contributed by atoms with E-state index >= 15 is 0 Å². The highest BCUT2D eigenvalue weighted by Gasteiger charge is 2.26. The van der Waals surface area contributed by atoms with Crippen LogP contribution in [0.25, 0.3) is 0 Å². The smallest absolute Gasteiger partial charge is 0.308 e. The topological polar surface area (TPSA) is 29.5 Å². The third kappa shape index (κ3) is 6.05. The second-order valence-electron chi connectivity index (χ2n) is 5.16. The molecule has 1 aliphatic carbocycles. The van der Waals surface area contributed by atoms with Crippen LogP contribution in [0.1, 0.15) is 46.5 Å². The highest BCUT2D eigenvalue weighted by atomic mass is 35.5. The number of carbonyl (C=O) groups excluding carboxylic acids is 1. The van der Waals surface area contributed by atoms with Gasteiger partial charge in [0.2, 0.25) is 0 Å². The van der Waals surface area contributed by atoms with Gasteiger partial charge in [0.15, 0.2) is 0 Å². The number of likely N-dealkylation sites (N-methyl/N-ethyl adjacent to an activating group) is 1. The first-order valence-corrected chi connectivity index (χ1v) is 7.06. The first-order chi connectivity index (χ1) is 8.17. The van der Waals surface area contributed by atoms with Gasteiger partial charge in [-0.2, -0.15) is 0 Å². The van der Waals surface area contributed by atoms with Gasteiger partial charge in [-0.25, -0.2) is 0 Å². The Balaban J connectivity index is 0.00000289. The fourth-order valence-electron chi connectivity index (χ4n) is 2.58.